The molecule has 2 atom stereocenters. The molecule has 0 radical (unpaired) electrons. The lowest BCUT2D eigenvalue weighted by molar-refractivity contribution is 0.0937. The summed E-state index contributed by atoms with van der Waals surface area (Å²) in [6.45, 7) is 1.86. The molecule has 0 saturated heterocycles. The Morgan fingerprint density at radius 3 is 3.00 bits per heavy atom. The van der Waals surface area contributed by atoms with Crippen molar-refractivity contribution in [2.45, 2.75) is 37.5 Å². The Hall–Kier alpha value is -0.970. The Bertz CT molecular complexity index is 377. The summed E-state index contributed by atoms with van der Waals surface area (Å²) in [5, 5.41) is 10.4. The molecule has 2 N–H and O–H groups in total. The number of aromatic nitrogens is 2. The van der Waals surface area contributed by atoms with Gasteiger partial charge in [0.2, 0.25) is 0 Å². The number of rotatable bonds is 3. The maximum absolute atomic E-state index is 11.9. The molecule has 0 aromatic carbocycles. The van der Waals surface area contributed by atoms with Crippen LogP contribution in [0.2, 0.25) is 0 Å². The number of carbonyl (C=O) groups excluding carboxylic acids is 1. The lowest BCUT2D eigenvalue weighted by Crippen LogP contribution is -2.33. The summed E-state index contributed by atoms with van der Waals surface area (Å²) in [4.78, 5) is 11.9. The van der Waals surface area contributed by atoms with E-state index in [0.717, 1.165) is 18.5 Å². The van der Waals surface area contributed by atoms with Crippen LogP contribution in [-0.4, -0.2) is 33.7 Å². The Morgan fingerprint density at radius 2 is 2.44 bits per heavy atom. The Balaban J connectivity index is 1.91. The van der Waals surface area contributed by atoms with Gasteiger partial charge in [-0.1, -0.05) is 0 Å². The number of thioether (sulfide) groups is 1. The molecule has 2 rings (SSSR count). The summed E-state index contributed by atoms with van der Waals surface area (Å²) in [7, 11) is 0. The van der Waals surface area contributed by atoms with E-state index in [1.807, 2.05) is 18.7 Å². The van der Waals surface area contributed by atoms with Gasteiger partial charge in [0.05, 0.1) is 11.8 Å². The van der Waals surface area contributed by atoms with Crippen LogP contribution in [0.4, 0.5) is 0 Å². The fourth-order valence-electron chi connectivity index (χ4n) is 2.13. The highest BCUT2D eigenvalue weighted by molar-refractivity contribution is 7.99. The minimum absolute atomic E-state index is 0.00185. The van der Waals surface area contributed by atoms with Crippen LogP contribution >= 0.6 is 11.8 Å². The van der Waals surface area contributed by atoms with Crippen LogP contribution in [0.1, 0.15) is 35.3 Å². The van der Waals surface area contributed by atoms with Crippen molar-refractivity contribution in [3.05, 3.63) is 17.5 Å². The molecule has 5 heteroatoms. The van der Waals surface area contributed by atoms with Crippen LogP contribution < -0.4 is 5.32 Å². The normalized spacial score (nSPS) is 24.6. The van der Waals surface area contributed by atoms with E-state index < -0.39 is 0 Å². The van der Waals surface area contributed by atoms with Crippen molar-refractivity contribution in [3.63, 3.8) is 0 Å². The molecule has 1 fully saturated rings. The molecule has 2 unspecified atom stereocenters. The van der Waals surface area contributed by atoms with E-state index in [-0.39, 0.29) is 5.91 Å². The predicted octanol–water partition coefficient (Wildman–Crippen LogP) is 1.73. The number of nitrogens with one attached hydrogen (secondary N) is 2. The van der Waals surface area contributed by atoms with Gasteiger partial charge >= 0.3 is 0 Å². The number of hydrogen-bond acceptors (Lipinski definition) is 3. The van der Waals surface area contributed by atoms with Crippen LogP contribution in [0.25, 0.3) is 0 Å². The third-order valence-electron chi connectivity index (χ3n) is 3.13. The smallest absolute Gasteiger partial charge is 0.254 e. The summed E-state index contributed by atoms with van der Waals surface area (Å²) in [5.41, 5.74) is 1.49. The SMILES string of the molecule is CSC1CCC(NC(=O)c2cn[nH]c2C)C1. The zero-order valence-electron chi connectivity index (χ0n) is 9.62. The molecule has 16 heavy (non-hydrogen) atoms. The van der Waals surface area contributed by atoms with Crippen LogP contribution in [0.5, 0.6) is 0 Å². The van der Waals surface area contributed by atoms with Gasteiger partial charge in [0.1, 0.15) is 0 Å². The van der Waals surface area contributed by atoms with Gasteiger partial charge in [-0.05, 0) is 32.4 Å². The van der Waals surface area contributed by atoms with Gasteiger partial charge in [0.15, 0.2) is 0 Å². The number of H-pyrrole nitrogens is 1. The Labute approximate surface area is 99.6 Å². The topological polar surface area (TPSA) is 57.8 Å². The number of carbonyl (C=O) groups is 1. The van der Waals surface area contributed by atoms with E-state index in [4.69, 9.17) is 0 Å². The predicted molar refractivity (Wildman–Crippen MR) is 65.7 cm³/mol. The molecular formula is C11H17N3OS. The summed E-state index contributed by atoms with van der Waals surface area (Å²) in [5.74, 6) is -0.00185. The molecule has 1 aromatic heterocycles. The molecule has 0 spiro atoms. The molecule has 0 bridgehead atoms. The number of aromatic amines is 1. The third kappa shape index (κ3) is 2.40. The highest BCUT2D eigenvalue weighted by Gasteiger charge is 2.25. The summed E-state index contributed by atoms with van der Waals surface area (Å²) in [6, 6.07) is 0.333. The van der Waals surface area contributed by atoms with Crippen LogP contribution in [0.3, 0.4) is 0 Å². The molecule has 1 aliphatic rings. The zero-order chi connectivity index (χ0) is 11.5. The number of hydrogen-bond donors (Lipinski definition) is 2. The lowest BCUT2D eigenvalue weighted by Gasteiger charge is -2.12. The first kappa shape index (κ1) is 11.5. The van der Waals surface area contributed by atoms with Crippen LogP contribution in [0.15, 0.2) is 6.20 Å². The highest BCUT2D eigenvalue weighted by Crippen LogP contribution is 2.28. The Morgan fingerprint density at radius 1 is 1.62 bits per heavy atom. The number of aryl methyl sites for hydroxylation is 1. The monoisotopic (exact) mass is 239 g/mol. The maximum atomic E-state index is 11.9. The van der Waals surface area contributed by atoms with E-state index in [1.165, 1.54) is 6.42 Å². The summed E-state index contributed by atoms with van der Waals surface area (Å²) < 4.78 is 0. The van der Waals surface area contributed by atoms with Crippen molar-refractivity contribution in [2.24, 2.45) is 0 Å². The van der Waals surface area contributed by atoms with Gasteiger partial charge in [-0.3, -0.25) is 9.89 Å². The standard InChI is InChI=1S/C11H17N3OS/c1-7-10(6-12-14-7)11(15)13-8-3-4-9(5-8)16-2/h6,8-9H,3-5H2,1-2H3,(H,12,14)(H,13,15). The fourth-order valence-corrected chi connectivity index (χ4v) is 2.92. The average Bonchev–Trinajstić information content (AvgIpc) is 2.86. The van der Waals surface area contributed by atoms with Crippen molar-refractivity contribution < 1.29 is 4.79 Å². The van der Waals surface area contributed by atoms with Crippen molar-refractivity contribution in [3.8, 4) is 0 Å². The first-order valence-electron chi connectivity index (χ1n) is 5.54. The van der Waals surface area contributed by atoms with Crippen molar-refractivity contribution in [2.75, 3.05) is 6.26 Å². The molecule has 1 saturated carbocycles. The number of amides is 1. The number of nitrogens with zero attached hydrogens (tertiary/aromatic N) is 1. The minimum Gasteiger partial charge on any atom is -0.349 e. The molecule has 4 nitrogen and oxygen atoms in total. The van der Waals surface area contributed by atoms with Gasteiger partial charge in [0, 0.05) is 17.0 Å². The quantitative estimate of drug-likeness (QED) is 0.844. The Kier molecular flexibility index (Phi) is 3.53. The van der Waals surface area contributed by atoms with E-state index in [2.05, 4.69) is 21.8 Å². The summed E-state index contributed by atoms with van der Waals surface area (Å²) >= 11 is 1.89. The molecule has 1 aliphatic carbocycles. The van der Waals surface area contributed by atoms with E-state index in [1.54, 1.807) is 6.20 Å². The van der Waals surface area contributed by atoms with E-state index >= 15 is 0 Å². The molecule has 88 valence electrons. The van der Waals surface area contributed by atoms with Gasteiger partial charge in [-0.2, -0.15) is 16.9 Å². The molecule has 1 heterocycles. The van der Waals surface area contributed by atoms with Crippen molar-refractivity contribution in [1.29, 1.82) is 0 Å². The van der Waals surface area contributed by atoms with Crippen LogP contribution in [-0.2, 0) is 0 Å². The van der Waals surface area contributed by atoms with Crippen molar-refractivity contribution >= 4 is 17.7 Å². The first-order valence-corrected chi connectivity index (χ1v) is 6.83. The second-order valence-corrected chi connectivity index (χ2v) is 5.39. The summed E-state index contributed by atoms with van der Waals surface area (Å²) in [6.07, 6.45) is 7.11. The van der Waals surface area contributed by atoms with Gasteiger partial charge in [-0.25, -0.2) is 0 Å². The second-order valence-electron chi connectivity index (χ2n) is 4.25. The first-order chi connectivity index (χ1) is 7.70. The zero-order valence-corrected chi connectivity index (χ0v) is 10.4. The van der Waals surface area contributed by atoms with Gasteiger partial charge in [0.25, 0.3) is 5.91 Å². The molecular weight excluding hydrogens is 222 g/mol. The highest BCUT2D eigenvalue weighted by atomic mass is 32.2. The van der Waals surface area contributed by atoms with Crippen molar-refractivity contribution in [1.82, 2.24) is 15.5 Å². The molecule has 1 amide bonds. The molecule has 0 aliphatic heterocycles. The van der Waals surface area contributed by atoms with Gasteiger partial charge < -0.3 is 5.32 Å². The van der Waals surface area contributed by atoms with Crippen LogP contribution in [0, 0.1) is 6.92 Å². The van der Waals surface area contributed by atoms with Gasteiger partial charge in [-0.15, -0.1) is 0 Å². The van der Waals surface area contributed by atoms with E-state index in [0.29, 0.717) is 16.9 Å². The van der Waals surface area contributed by atoms with E-state index in [9.17, 15) is 4.79 Å². The lowest BCUT2D eigenvalue weighted by atomic mass is 10.2. The minimum atomic E-state index is -0.00185. The molecule has 1 aromatic rings. The average molecular weight is 239 g/mol. The maximum Gasteiger partial charge on any atom is 0.254 e. The third-order valence-corrected chi connectivity index (χ3v) is 4.22. The fraction of sp³-hybridized carbons (Fsp3) is 0.636. The largest absolute Gasteiger partial charge is 0.349 e. The second kappa shape index (κ2) is 4.91.